The maximum atomic E-state index is 12.6. The third-order valence-corrected chi connectivity index (χ3v) is 4.90. The lowest BCUT2D eigenvalue weighted by Gasteiger charge is -2.32. The molecule has 1 fully saturated rings. The van der Waals surface area contributed by atoms with Gasteiger partial charge in [-0.05, 0) is 44.2 Å². The van der Waals surface area contributed by atoms with Crippen LogP contribution in [0.3, 0.4) is 0 Å². The van der Waals surface area contributed by atoms with Crippen LogP contribution in [0, 0.1) is 5.92 Å². The second kappa shape index (κ2) is 7.81. The first kappa shape index (κ1) is 17.6. The number of hydrogen-bond acceptors (Lipinski definition) is 4. The van der Waals surface area contributed by atoms with Gasteiger partial charge in [-0.3, -0.25) is 4.79 Å². The average Bonchev–Trinajstić information content (AvgIpc) is 3.32. The molecule has 1 aliphatic carbocycles. The molecule has 1 saturated carbocycles. The van der Waals surface area contributed by atoms with Crippen molar-refractivity contribution in [3.05, 3.63) is 36.2 Å². The standard InChI is InChI=1S/C20H27N3O2/c1-14(2)15(3)23(17-12-13-17)19(24)11-7-10-18-21-22-20(25-18)16-8-5-4-6-9-16/h4-6,8-9,14-15,17H,7,10-13H2,1-3H3. The van der Waals surface area contributed by atoms with E-state index in [0.29, 0.717) is 42.6 Å². The highest BCUT2D eigenvalue weighted by Gasteiger charge is 2.36. The van der Waals surface area contributed by atoms with Crippen molar-refractivity contribution in [1.29, 1.82) is 0 Å². The van der Waals surface area contributed by atoms with E-state index in [1.54, 1.807) is 0 Å². The summed E-state index contributed by atoms with van der Waals surface area (Å²) in [5, 5.41) is 8.20. The SMILES string of the molecule is CC(C)C(C)N(C(=O)CCCc1nnc(-c2ccccc2)o1)C1CC1. The fourth-order valence-electron chi connectivity index (χ4n) is 3.01. The second-order valence-corrected chi connectivity index (χ2v) is 7.24. The van der Waals surface area contributed by atoms with Gasteiger partial charge in [0.05, 0.1) is 0 Å². The zero-order chi connectivity index (χ0) is 17.8. The van der Waals surface area contributed by atoms with E-state index in [1.807, 2.05) is 30.3 Å². The molecule has 1 amide bonds. The fourth-order valence-corrected chi connectivity index (χ4v) is 3.01. The summed E-state index contributed by atoms with van der Waals surface area (Å²) in [4.78, 5) is 14.8. The van der Waals surface area contributed by atoms with Crippen LogP contribution in [0.1, 0.15) is 52.3 Å². The molecular weight excluding hydrogens is 314 g/mol. The van der Waals surface area contributed by atoms with Crippen LogP contribution in [-0.4, -0.2) is 33.1 Å². The van der Waals surface area contributed by atoms with Crippen LogP contribution >= 0.6 is 0 Å². The lowest BCUT2D eigenvalue weighted by atomic mass is 10.0. The maximum absolute atomic E-state index is 12.6. The predicted molar refractivity (Wildman–Crippen MR) is 96.8 cm³/mol. The van der Waals surface area contributed by atoms with Crippen LogP contribution in [-0.2, 0) is 11.2 Å². The van der Waals surface area contributed by atoms with Crippen molar-refractivity contribution in [2.24, 2.45) is 5.92 Å². The Labute approximate surface area is 149 Å². The third-order valence-electron chi connectivity index (χ3n) is 4.90. The fraction of sp³-hybridized carbons (Fsp3) is 0.550. The molecule has 1 aromatic heterocycles. The Hall–Kier alpha value is -2.17. The van der Waals surface area contributed by atoms with Crippen molar-refractivity contribution in [1.82, 2.24) is 15.1 Å². The number of benzene rings is 1. The number of aromatic nitrogens is 2. The van der Waals surface area contributed by atoms with Gasteiger partial charge < -0.3 is 9.32 Å². The summed E-state index contributed by atoms with van der Waals surface area (Å²) in [7, 11) is 0. The van der Waals surface area contributed by atoms with Gasteiger partial charge in [-0.1, -0.05) is 32.0 Å². The van der Waals surface area contributed by atoms with Gasteiger partial charge in [0.1, 0.15) is 0 Å². The molecule has 5 nitrogen and oxygen atoms in total. The number of carbonyl (C=O) groups excluding carboxylic acids is 1. The second-order valence-electron chi connectivity index (χ2n) is 7.24. The van der Waals surface area contributed by atoms with E-state index in [4.69, 9.17) is 4.42 Å². The van der Waals surface area contributed by atoms with Gasteiger partial charge in [-0.15, -0.1) is 10.2 Å². The van der Waals surface area contributed by atoms with Crippen LogP contribution in [0.25, 0.3) is 11.5 Å². The van der Waals surface area contributed by atoms with E-state index in [-0.39, 0.29) is 5.91 Å². The van der Waals surface area contributed by atoms with E-state index in [1.165, 1.54) is 0 Å². The largest absolute Gasteiger partial charge is 0.421 e. The maximum Gasteiger partial charge on any atom is 0.247 e. The molecule has 0 bridgehead atoms. The lowest BCUT2D eigenvalue weighted by molar-refractivity contribution is -0.134. The summed E-state index contributed by atoms with van der Waals surface area (Å²) in [5.41, 5.74) is 0.919. The van der Waals surface area contributed by atoms with Gasteiger partial charge in [-0.25, -0.2) is 0 Å². The van der Waals surface area contributed by atoms with Gasteiger partial charge in [-0.2, -0.15) is 0 Å². The normalized spacial score (nSPS) is 15.4. The van der Waals surface area contributed by atoms with E-state index in [0.717, 1.165) is 24.8 Å². The minimum atomic E-state index is 0.256. The van der Waals surface area contributed by atoms with Crippen molar-refractivity contribution >= 4 is 5.91 Å². The van der Waals surface area contributed by atoms with Gasteiger partial charge in [0.2, 0.25) is 17.7 Å². The number of nitrogens with zero attached hydrogens (tertiary/aromatic N) is 3. The van der Waals surface area contributed by atoms with Crippen LogP contribution in [0.5, 0.6) is 0 Å². The summed E-state index contributed by atoms with van der Waals surface area (Å²) < 4.78 is 5.71. The Morgan fingerprint density at radius 2 is 1.92 bits per heavy atom. The molecule has 1 unspecified atom stereocenters. The van der Waals surface area contributed by atoms with Crippen molar-refractivity contribution in [2.45, 2.75) is 65.0 Å². The first-order valence-electron chi connectivity index (χ1n) is 9.25. The van der Waals surface area contributed by atoms with Crippen molar-refractivity contribution in [3.63, 3.8) is 0 Å². The Morgan fingerprint density at radius 1 is 1.20 bits per heavy atom. The quantitative estimate of drug-likeness (QED) is 0.725. The van der Waals surface area contributed by atoms with E-state index in [9.17, 15) is 4.79 Å². The van der Waals surface area contributed by atoms with Crippen molar-refractivity contribution in [3.8, 4) is 11.5 Å². The molecule has 1 aromatic carbocycles. The number of carbonyl (C=O) groups is 1. The minimum Gasteiger partial charge on any atom is -0.421 e. The highest BCUT2D eigenvalue weighted by molar-refractivity contribution is 5.77. The van der Waals surface area contributed by atoms with Gasteiger partial charge in [0.25, 0.3) is 0 Å². The van der Waals surface area contributed by atoms with Crippen LogP contribution in [0.4, 0.5) is 0 Å². The van der Waals surface area contributed by atoms with Gasteiger partial charge in [0.15, 0.2) is 0 Å². The summed E-state index contributed by atoms with van der Waals surface area (Å²) >= 11 is 0. The van der Waals surface area contributed by atoms with Crippen molar-refractivity contribution < 1.29 is 9.21 Å². The third kappa shape index (κ3) is 4.47. The summed E-state index contributed by atoms with van der Waals surface area (Å²) in [6.07, 6.45) is 4.21. The number of rotatable bonds is 8. The molecule has 5 heteroatoms. The highest BCUT2D eigenvalue weighted by Crippen LogP contribution is 2.31. The zero-order valence-corrected chi connectivity index (χ0v) is 15.3. The van der Waals surface area contributed by atoms with E-state index in [2.05, 4.69) is 35.9 Å². The molecule has 1 aliphatic rings. The average molecular weight is 341 g/mol. The highest BCUT2D eigenvalue weighted by atomic mass is 16.4. The molecule has 0 N–H and O–H groups in total. The molecular formula is C20H27N3O2. The summed E-state index contributed by atoms with van der Waals surface area (Å²) in [6.45, 7) is 6.51. The van der Waals surface area contributed by atoms with Gasteiger partial charge >= 0.3 is 0 Å². The van der Waals surface area contributed by atoms with Gasteiger partial charge in [0, 0.05) is 30.5 Å². The first-order chi connectivity index (χ1) is 12.1. The van der Waals surface area contributed by atoms with Crippen LogP contribution < -0.4 is 0 Å². The summed E-state index contributed by atoms with van der Waals surface area (Å²) in [6, 6.07) is 10.5. The zero-order valence-electron chi connectivity index (χ0n) is 15.3. The molecule has 134 valence electrons. The monoisotopic (exact) mass is 341 g/mol. The molecule has 0 aliphatic heterocycles. The van der Waals surface area contributed by atoms with Crippen molar-refractivity contribution in [2.75, 3.05) is 0 Å². The van der Waals surface area contributed by atoms with E-state index < -0.39 is 0 Å². The molecule has 0 radical (unpaired) electrons. The Morgan fingerprint density at radius 3 is 2.56 bits per heavy atom. The molecule has 1 atom stereocenters. The molecule has 0 saturated heterocycles. The topological polar surface area (TPSA) is 59.2 Å². The molecule has 25 heavy (non-hydrogen) atoms. The van der Waals surface area contributed by atoms with Crippen LogP contribution in [0.2, 0.25) is 0 Å². The molecule has 0 spiro atoms. The lowest BCUT2D eigenvalue weighted by Crippen LogP contribution is -2.43. The number of hydrogen-bond donors (Lipinski definition) is 0. The Kier molecular flexibility index (Phi) is 5.51. The molecule has 3 rings (SSSR count). The molecule has 2 aromatic rings. The van der Waals surface area contributed by atoms with Crippen LogP contribution in [0.15, 0.2) is 34.7 Å². The number of amides is 1. The van der Waals surface area contributed by atoms with E-state index >= 15 is 0 Å². The Bertz CT molecular complexity index is 692. The minimum absolute atomic E-state index is 0.256. The number of aryl methyl sites for hydroxylation is 1. The first-order valence-corrected chi connectivity index (χ1v) is 9.25. The smallest absolute Gasteiger partial charge is 0.247 e. The summed E-state index contributed by atoms with van der Waals surface area (Å²) in [5.74, 6) is 1.87. The Balaban J connectivity index is 1.52. The molecule has 1 heterocycles. The predicted octanol–water partition coefficient (Wildman–Crippen LogP) is 4.09.